The summed E-state index contributed by atoms with van der Waals surface area (Å²) < 4.78 is 11.3. The first kappa shape index (κ1) is 17.2. The van der Waals surface area contributed by atoms with Gasteiger partial charge in [-0.05, 0) is 58.4 Å². The third kappa shape index (κ3) is 3.25. The molecule has 0 aromatic rings. The van der Waals surface area contributed by atoms with Gasteiger partial charge >= 0.3 is 5.97 Å². The lowest BCUT2D eigenvalue weighted by atomic mass is 9.85. The van der Waals surface area contributed by atoms with E-state index in [0.29, 0.717) is 17.6 Å². The van der Waals surface area contributed by atoms with Crippen LogP contribution >= 0.6 is 0 Å². The van der Waals surface area contributed by atoms with Gasteiger partial charge in [0.2, 0.25) is 0 Å². The standard InChI is InChI=1S/C20H26O4/c1-12-7-5-9-13(2)17(21)18-15(14(3)19(22)23-18)11-16-20(4,24-16)10-6-8-12/h8-9,15-16,18H,3,5-7,10-11H2,1-2,4H3. The van der Waals surface area contributed by atoms with Gasteiger partial charge in [-0.3, -0.25) is 4.79 Å². The van der Waals surface area contributed by atoms with Crippen molar-refractivity contribution in [3.63, 3.8) is 0 Å². The fraction of sp³-hybridized carbons (Fsp3) is 0.600. The number of carbonyl (C=O) groups excluding carboxylic acids is 2. The Labute approximate surface area is 143 Å². The van der Waals surface area contributed by atoms with Gasteiger partial charge in [0, 0.05) is 11.5 Å². The van der Waals surface area contributed by atoms with Gasteiger partial charge in [0.05, 0.1) is 11.7 Å². The first-order valence-electron chi connectivity index (χ1n) is 8.76. The van der Waals surface area contributed by atoms with Crippen LogP contribution in [0.25, 0.3) is 0 Å². The first-order valence-corrected chi connectivity index (χ1v) is 8.76. The van der Waals surface area contributed by atoms with E-state index in [2.05, 4.69) is 26.5 Å². The minimum Gasteiger partial charge on any atom is -0.450 e. The normalized spacial score (nSPS) is 37.6. The van der Waals surface area contributed by atoms with Crippen molar-refractivity contribution < 1.29 is 19.1 Å². The second-order valence-corrected chi connectivity index (χ2v) is 7.49. The highest BCUT2D eigenvalue weighted by Gasteiger charge is 2.55. The van der Waals surface area contributed by atoms with Gasteiger partial charge in [0.1, 0.15) is 0 Å². The van der Waals surface area contributed by atoms with Crippen molar-refractivity contribution in [2.75, 3.05) is 0 Å². The van der Waals surface area contributed by atoms with Crippen molar-refractivity contribution in [1.29, 1.82) is 0 Å². The molecule has 0 N–H and O–H groups in total. The fourth-order valence-electron chi connectivity index (χ4n) is 3.70. The number of hydrogen-bond donors (Lipinski definition) is 0. The van der Waals surface area contributed by atoms with Crippen LogP contribution in [0.1, 0.15) is 52.9 Å². The van der Waals surface area contributed by atoms with Crippen LogP contribution < -0.4 is 0 Å². The Morgan fingerprint density at radius 1 is 1.21 bits per heavy atom. The van der Waals surface area contributed by atoms with Crippen molar-refractivity contribution in [2.24, 2.45) is 5.92 Å². The molecule has 4 atom stereocenters. The highest BCUT2D eigenvalue weighted by atomic mass is 16.6. The summed E-state index contributed by atoms with van der Waals surface area (Å²) in [6.45, 7) is 9.89. The van der Waals surface area contributed by atoms with Gasteiger partial charge in [0.25, 0.3) is 0 Å². The molecule has 0 amide bonds. The molecule has 2 saturated heterocycles. The number of esters is 1. The molecule has 0 radical (unpaired) electrons. The number of ketones is 1. The van der Waals surface area contributed by atoms with Crippen molar-refractivity contribution in [2.45, 2.75) is 70.7 Å². The Balaban J connectivity index is 1.86. The van der Waals surface area contributed by atoms with Crippen LogP contribution in [-0.4, -0.2) is 29.6 Å². The summed E-state index contributed by atoms with van der Waals surface area (Å²) in [7, 11) is 0. The van der Waals surface area contributed by atoms with Crippen LogP contribution in [0.2, 0.25) is 0 Å². The third-order valence-corrected chi connectivity index (χ3v) is 5.58. The van der Waals surface area contributed by atoms with Crippen molar-refractivity contribution in [3.8, 4) is 0 Å². The SMILES string of the molecule is C=C1C(=O)OC2C(=O)C(C)=CCCC(C)=CCCC3(C)OC3CC12. The number of allylic oxidation sites excluding steroid dienone is 3. The number of epoxide rings is 1. The molecule has 2 aliphatic heterocycles. The Kier molecular flexibility index (Phi) is 4.52. The molecule has 0 bridgehead atoms. The zero-order valence-electron chi connectivity index (χ0n) is 14.8. The lowest BCUT2D eigenvalue weighted by molar-refractivity contribution is -0.145. The molecule has 4 heteroatoms. The zero-order valence-corrected chi connectivity index (χ0v) is 14.8. The topological polar surface area (TPSA) is 55.9 Å². The molecular formula is C20H26O4. The van der Waals surface area contributed by atoms with E-state index in [1.165, 1.54) is 5.57 Å². The Hall–Kier alpha value is -1.68. The summed E-state index contributed by atoms with van der Waals surface area (Å²) in [5.41, 5.74) is 2.24. The predicted octanol–water partition coefficient (Wildman–Crippen LogP) is 3.67. The molecule has 0 spiro atoms. The average Bonchev–Trinajstić information content (AvgIpc) is 3.08. The van der Waals surface area contributed by atoms with Crippen LogP contribution in [0, 0.1) is 5.92 Å². The van der Waals surface area contributed by atoms with Gasteiger partial charge < -0.3 is 9.47 Å². The average molecular weight is 330 g/mol. The summed E-state index contributed by atoms with van der Waals surface area (Å²) in [5.74, 6) is -0.830. The van der Waals surface area contributed by atoms with E-state index in [1.807, 2.05) is 6.08 Å². The van der Waals surface area contributed by atoms with Crippen molar-refractivity contribution in [1.82, 2.24) is 0 Å². The molecule has 2 fully saturated rings. The molecule has 1 aliphatic carbocycles. The summed E-state index contributed by atoms with van der Waals surface area (Å²) >= 11 is 0. The Morgan fingerprint density at radius 3 is 2.71 bits per heavy atom. The number of Topliss-reactive ketones (excluding diaryl/α,β-unsaturated/α-hetero) is 1. The first-order chi connectivity index (χ1) is 11.3. The lowest BCUT2D eigenvalue weighted by Gasteiger charge is -2.17. The second-order valence-electron chi connectivity index (χ2n) is 7.49. The van der Waals surface area contributed by atoms with Crippen LogP contribution in [0.4, 0.5) is 0 Å². The Bertz CT molecular complexity index is 642. The minimum atomic E-state index is -0.741. The molecule has 4 nitrogen and oxygen atoms in total. The summed E-state index contributed by atoms with van der Waals surface area (Å²) in [4.78, 5) is 24.7. The summed E-state index contributed by atoms with van der Waals surface area (Å²) in [6, 6.07) is 0. The zero-order chi connectivity index (χ0) is 17.5. The molecular weight excluding hydrogens is 304 g/mol. The third-order valence-electron chi connectivity index (χ3n) is 5.58. The van der Waals surface area contributed by atoms with E-state index in [0.717, 1.165) is 25.7 Å². The van der Waals surface area contributed by atoms with E-state index in [4.69, 9.17) is 9.47 Å². The quantitative estimate of drug-likeness (QED) is 0.294. The number of hydrogen-bond acceptors (Lipinski definition) is 4. The maximum absolute atomic E-state index is 12.7. The van der Waals surface area contributed by atoms with Crippen molar-refractivity contribution in [3.05, 3.63) is 35.5 Å². The number of ether oxygens (including phenoxy) is 2. The van der Waals surface area contributed by atoms with Gasteiger partial charge in [-0.1, -0.05) is 24.3 Å². The maximum Gasteiger partial charge on any atom is 0.334 e. The molecule has 3 aliphatic rings. The summed E-state index contributed by atoms with van der Waals surface area (Å²) in [5, 5.41) is 0. The lowest BCUT2D eigenvalue weighted by Crippen LogP contribution is -2.29. The predicted molar refractivity (Wildman–Crippen MR) is 91.4 cm³/mol. The second kappa shape index (κ2) is 6.32. The molecule has 130 valence electrons. The fourth-order valence-corrected chi connectivity index (χ4v) is 3.70. The van der Waals surface area contributed by atoms with E-state index >= 15 is 0 Å². The van der Waals surface area contributed by atoms with E-state index in [9.17, 15) is 9.59 Å². The maximum atomic E-state index is 12.7. The van der Waals surface area contributed by atoms with E-state index in [-0.39, 0.29) is 23.4 Å². The summed E-state index contributed by atoms with van der Waals surface area (Å²) in [6.07, 6.45) is 7.86. The largest absolute Gasteiger partial charge is 0.450 e. The van der Waals surface area contributed by atoms with Gasteiger partial charge in [0.15, 0.2) is 11.9 Å². The highest BCUT2D eigenvalue weighted by molar-refractivity contribution is 6.04. The monoisotopic (exact) mass is 330 g/mol. The molecule has 0 aromatic heterocycles. The number of carbonyl (C=O) groups is 2. The molecule has 24 heavy (non-hydrogen) atoms. The van der Waals surface area contributed by atoms with Crippen LogP contribution in [0.5, 0.6) is 0 Å². The highest BCUT2D eigenvalue weighted by Crippen LogP contribution is 2.47. The number of rotatable bonds is 0. The Morgan fingerprint density at radius 2 is 1.96 bits per heavy atom. The van der Waals surface area contributed by atoms with E-state index in [1.54, 1.807) is 6.92 Å². The molecule has 0 saturated carbocycles. The molecule has 3 rings (SSSR count). The van der Waals surface area contributed by atoms with Gasteiger partial charge in [-0.25, -0.2) is 4.79 Å². The van der Waals surface area contributed by atoms with Gasteiger partial charge in [-0.2, -0.15) is 0 Å². The molecule has 4 unspecified atom stereocenters. The molecule has 2 heterocycles. The van der Waals surface area contributed by atoms with Crippen molar-refractivity contribution >= 4 is 11.8 Å². The van der Waals surface area contributed by atoms with Crippen LogP contribution in [0.15, 0.2) is 35.5 Å². The van der Waals surface area contributed by atoms with E-state index < -0.39 is 12.1 Å². The van der Waals surface area contributed by atoms with Gasteiger partial charge in [-0.15, -0.1) is 0 Å². The van der Waals surface area contributed by atoms with Crippen LogP contribution in [0.3, 0.4) is 0 Å². The number of fused-ring (bicyclic) bond motifs is 2. The minimum absolute atomic E-state index is 0.0602. The molecule has 0 aromatic carbocycles. The smallest absolute Gasteiger partial charge is 0.334 e. The van der Waals surface area contributed by atoms with Crippen LogP contribution in [-0.2, 0) is 19.1 Å².